The number of ether oxygens (including phenoxy) is 1. The number of aliphatic imine (C=N–C) groups is 1. The Bertz CT molecular complexity index is 922. The van der Waals surface area contributed by atoms with Crippen LogP contribution in [0.4, 0.5) is 0 Å². The quantitative estimate of drug-likeness (QED) is 0.224. The van der Waals surface area contributed by atoms with E-state index in [2.05, 4.69) is 26.4 Å². The van der Waals surface area contributed by atoms with E-state index >= 15 is 0 Å². The normalized spacial score (nSPS) is 11.5. The maximum Gasteiger partial charge on any atom is 0.213 e. The second kappa shape index (κ2) is 14.3. The molecule has 0 heterocycles. The third-order valence-electron chi connectivity index (χ3n) is 4.49. The molecule has 0 unspecified atom stereocenters. The predicted molar refractivity (Wildman–Crippen MR) is 138 cm³/mol. The summed E-state index contributed by atoms with van der Waals surface area (Å²) in [7, 11) is -1.72. The van der Waals surface area contributed by atoms with Crippen molar-refractivity contribution >= 4 is 40.0 Å². The molecule has 0 saturated carbocycles. The molecule has 0 fully saturated rings. The molecule has 2 rings (SSSR count). The number of aryl methyl sites for hydroxylation is 1. The molecular formula is C22H33IN4O3S. The van der Waals surface area contributed by atoms with E-state index < -0.39 is 10.0 Å². The van der Waals surface area contributed by atoms with Gasteiger partial charge in [-0.25, -0.2) is 13.1 Å². The second-order valence-corrected chi connectivity index (χ2v) is 8.79. The standard InChI is InChI=1S/C22H32N4O3S.HI/c1-4-23-22(24-13-12-19-11-10-18(2)21(16-19)29-3)25-14-15-30(27,28)26-17-20-8-6-5-7-9-20;/h5-11,16,26H,4,12-15,17H2,1-3H3,(H2,23,24,25);1H. The molecule has 7 nitrogen and oxygen atoms in total. The average molecular weight is 561 g/mol. The second-order valence-electron chi connectivity index (χ2n) is 6.87. The fourth-order valence-corrected chi connectivity index (χ4v) is 3.69. The van der Waals surface area contributed by atoms with Crippen LogP contribution < -0.4 is 20.1 Å². The zero-order chi connectivity index (χ0) is 21.8. The van der Waals surface area contributed by atoms with E-state index in [1.54, 1.807) is 7.11 Å². The maximum atomic E-state index is 12.2. The van der Waals surface area contributed by atoms with E-state index in [-0.39, 0.29) is 42.8 Å². The van der Waals surface area contributed by atoms with Crippen LogP contribution in [-0.2, 0) is 23.0 Å². The number of hydrogen-bond acceptors (Lipinski definition) is 4. The van der Waals surface area contributed by atoms with Gasteiger partial charge < -0.3 is 15.4 Å². The van der Waals surface area contributed by atoms with E-state index in [0.717, 1.165) is 28.9 Å². The van der Waals surface area contributed by atoms with Crippen LogP contribution in [0.1, 0.15) is 23.6 Å². The fourth-order valence-electron chi connectivity index (χ4n) is 2.83. The van der Waals surface area contributed by atoms with Crippen molar-refractivity contribution in [2.75, 3.05) is 32.5 Å². The van der Waals surface area contributed by atoms with E-state index in [1.165, 1.54) is 0 Å². The first-order valence-corrected chi connectivity index (χ1v) is 11.8. The molecule has 172 valence electrons. The highest BCUT2D eigenvalue weighted by molar-refractivity contribution is 14.0. The highest BCUT2D eigenvalue weighted by Gasteiger charge is 2.09. The van der Waals surface area contributed by atoms with Gasteiger partial charge in [-0.1, -0.05) is 42.5 Å². The van der Waals surface area contributed by atoms with Gasteiger partial charge in [0.15, 0.2) is 5.96 Å². The van der Waals surface area contributed by atoms with E-state index in [4.69, 9.17) is 4.74 Å². The van der Waals surface area contributed by atoms with Gasteiger partial charge in [0.2, 0.25) is 10.0 Å². The third kappa shape index (κ3) is 10.3. The minimum atomic E-state index is -3.39. The van der Waals surface area contributed by atoms with Gasteiger partial charge in [0.1, 0.15) is 5.75 Å². The molecule has 9 heteroatoms. The van der Waals surface area contributed by atoms with Crippen molar-refractivity contribution in [1.82, 2.24) is 15.4 Å². The van der Waals surface area contributed by atoms with Gasteiger partial charge >= 0.3 is 0 Å². The summed E-state index contributed by atoms with van der Waals surface area (Å²) < 4.78 is 32.4. The molecule has 0 atom stereocenters. The van der Waals surface area contributed by atoms with Crippen molar-refractivity contribution in [2.24, 2.45) is 4.99 Å². The summed E-state index contributed by atoms with van der Waals surface area (Å²) in [5.41, 5.74) is 3.19. The van der Waals surface area contributed by atoms with Gasteiger partial charge in [0.25, 0.3) is 0 Å². The molecule has 0 aliphatic heterocycles. The van der Waals surface area contributed by atoms with Crippen LogP contribution in [0.5, 0.6) is 5.75 Å². The summed E-state index contributed by atoms with van der Waals surface area (Å²) in [6.07, 6.45) is 0.804. The van der Waals surface area contributed by atoms with Crippen molar-refractivity contribution in [1.29, 1.82) is 0 Å². The summed E-state index contributed by atoms with van der Waals surface area (Å²) in [6, 6.07) is 15.6. The Morgan fingerprint density at radius 2 is 1.81 bits per heavy atom. The van der Waals surface area contributed by atoms with Crippen LogP contribution >= 0.6 is 24.0 Å². The summed E-state index contributed by atoms with van der Waals surface area (Å²) in [6.45, 7) is 5.82. The molecule has 0 radical (unpaired) electrons. The Kier molecular flexibility index (Phi) is 12.5. The third-order valence-corrected chi connectivity index (χ3v) is 5.80. The van der Waals surface area contributed by atoms with Gasteiger partial charge in [-0.2, -0.15) is 0 Å². The minimum absolute atomic E-state index is 0. The van der Waals surface area contributed by atoms with Crippen molar-refractivity contribution in [3.8, 4) is 5.75 Å². The number of hydrogen-bond donors (Lipinski definition) is 3. The summed E-state index contributed by atoms with van der Waals surface area (Å²) in [5.74, 6) is 1.42. The van der Waals surface area contributed by atoms with Crippen LogP contribution in [-0.4, -0.2) is 46.9 Å². The Labute approximate surface area is 203 Å². The lowest BCUT2D eigenvalue weighted by Crippen LogP contribution is -2.39. The van der Waals surface area contributed by atoms with Gasteiger partial charge in [0, 0.05) is 19.6 Å². The van der Waals surface area contributed by atoms with Crippen LogP contribution in [0.25, 0.3) is 0 Å². The maximum absolute atomic E-state index is 12.2. The van der Waals surface area contributed by atoms with Crippen LogP contribution in [0, 0.1) is 6.92 Å². The summed E-state index contributed by atoms with van der Waals surface area (Å²) in [4.78, 5) is 4.38. The molecule has 0 saturated heterocycles. The number of halogens is 1. The number of guanidine groups is 1. The molecule has 0 aliphatic rings. The number of sulfonamides is 1. The first kappa shape index (κ1) is 27.2. The fraction of sp³-hybridized carbons (Fsp3) is 0.409. The molecular weight excluding hydrogens is 527 g/mol. The van der Waals surface area contributed by atoms with Crippen molar-refractivity contribution in [3.05, 3.63) is 65.2 Å². The molecule has 2 aromatic rings. The molecule has 0 amide bonds. The summed E-state index contributed by atoms with van der Waals surface area (Å²) >= 11 is 0. The monoisotopic (exact) mass is 560 g/mol. The first-order valence-electron chi connectivity index (χ1n) is 10.1. The molecule has 0 spiro atoms. The largest absolute Gasteiger partial charge is 0.496 e. The van der Waals surface area contributed by atoms with Crippen molar-refractivity contribution in [3.63, 3.8) is 0 Å². The van der Waals surface area contributed by atoms with Crippen LogP contribution in [0.3, 0.4) is 0 Å². The Hall–Kier alpha value is -1.85. The number of rotatable bonds is 11. The van der Waals surface area contributed by atoms with E-state index in [9.17, 15) is 8.42 Å². The zero-order valence-electron chi connectivity index (χ0n) is 18.3. The van der Waals surface area contributed by atoms with Gasteiger partial charge in [-0.05, 0) is 43.0 Å². The Morgan fingerprint density at radius 1 is 1.06 bits per heavy atom. The number of nitrogens with one attached hydrogen (secondary N) is 3. The first-order chi connectivity index (χ1) is 14.4. The Balaban J connectivity index is 0.00000480. The average Bonchev–Trinajstić information content (AvgIpc) is 2.74. The van der Waals surface area contributed by atoms with Crippen molar-refractivity contribution in [2.45, 2.75) is 26.8 Å². The number of methoxy groups -OCH3 is 1. The lowest BCUT2D eigenvalue weighted by Gasteiger charge is -2.12. The van der Waals surface area contributed by atoms with Gasteiger partial charge in [-0.15, -0.1) is 24.0 Å². The molecule has 0 aliphatic carbocycles. The molecule has 2 aromatic carbocycles. The van der Waals surface area contributed by atoms with Gasteiger partial charge in [0.05, 0.1) is 19.4 Å². The number of nitrogens with zero attached hydrogens (tertiary/aromatic N) is 1. The highest BCUT2D eigenvalue weighted by Crippen LogP contribution is 2.18. The minimum Gasteiger partial charge on any atom is -0.496 e. The molecule has 31 heavy (non-hydrogen) atoms. The predicted octanol–water partition coefficient (Wildman–Crippen LogP) is 2.84. The Morgan fingerprint density at radius 3 is 2.48 bits per heavy atom. The summed E-state index contributed by atoms with van der Waals surface area (Å²) in [5, 5.41) is 6.39. The topological polar surface area (TPSA) is 91.8 Å². The molecule has 0 bridgehead atoms. The smallest absolute Gasteiger partial charge is 0.213 e. The zero-order valence-corrected chi connectivity index (χ0v) is 21.5. The van der Waals surface area contributed by atoms with Crippen LogP contribution in [0.2, 0.25) is 0 Å². The van der Waals surface area contributed by atoms with Gasteiger partial charge in [-0.3, -0.25) is 4.99 Å². The lowest BCUT2D eigenvalue weighted by atomic mass is 10.1. The van der Waals surface area contributed by atoms with E-state index in [1.807, 2.05) is 56.3 Å². The molecule has 0 aromatic heterocycles. The van der Waals surface area contributed by atoms with Crippen LogP contribution in [0.15, 0.2) is 53.5 Å². The highest BCUT2D eigenvalue weighted by atomic mass is 127. The SMILES string of the molecule is CCNC(=NCCS(=O)(=O)NCc1ccccc1)NCCc1ccc(C)c(OC)c1.I. The number of benzene rings is 2. The molecule has 3 N–H and O–H groups in total. The van der Waals surface area contributed by atoms with E-state index in [0.29, 0.717) is 19.0 Å². The van der Waals surface area contributed by atoms with Crippen molar-refractivity contribution < 1.29 is 13.2 Å². The lowest BCUT2D eigenvalue weighted by molar-refractivity contribution is 0.411.